The molecule has 6 nitrogen and oxygen atoms in total. The molecule has 0 aromatic rings. The molecule has 5 aliphatic rings. The van der Waals surface area contributed by atoms with Crippen LogP contribution in [0.4, 0.5) is 4.39 Å². The van der Waals surface area contributed by atoms with Gasteiger partial charge in [0.15, 0.2) is 23.8 Å². The van der Waals surface area contributed by atoms with Crippen molar-refractivity contribution in [2.75, 3.05) is 6.61 Å². The number of Topliss-reactive ketones (excluding diaryl/α,β-unsaturated/α-hetero) is 1. The number of allylic oxidation sites excluding steroid dienone is 1. The molecule has 182 valence electrons. The molecule has 0 aromatic carbocycles. The van der Waals surface area contributed by atoms with Crippen molar-refractivity contribution in [3.8, 4) is 0 Å². The number of ether oxygens (including phenoxy) is 3. The lowest BCUT2D eigenvalue weighted by atomic mass is 9.46. The van der Waals surface area contributed by atoms with Crippen molar-refractivity contribution in [1.82, 2.24) is 0 Å². The monoisotopic (exact) mass is 462 g/mol. The first-order valence-corrected chi connectivity index (χ1v) is 12.3. The van der Waals surface area contributed by atoms with E-state index in [1.165, 1.54) is 6.92 Å². The van der Waals surface area contributed by atoms with Crippen LogP contribution in [0.3, 0.4) is 0 Å². The third-order valence-corrected chi connectivity index (χ3v) is 9.75. The third kappa shape index (κ3) is 3.07. The van der Waals surface area contributed by atoms with Crippen molar-refractivity contribution in [2.45, 2.75) is 96.8 Å². The maximum Gasteiger partial charge on any atom is 0.303 e. The molecule has 33 heavy (non-hydrogen) atoms. The molecule has 4 aliphatic carbocycles. The molecular weight excluding hydrogens is 427 g/mol. The lowest BCUT2D eigenvalue weighted by Gasteiger charge is -2.59. The van der Waals surface area contributed by atoms with Gasteiger partial charge in [0.05, 0.1) is 6.10 Å². The molecule has 0 unspecified atom stereocenters. The van der Waals surface area contributed by atoms with E-state index in [9.17, 15) is 14.4 Å². The number of carbonyl (C=O) groups is 3. The van der Waals surface area contributed by atoms with Gasteiger partial charge in [-0.05, 0) is 80.8 Å². The largest absolute Gasteiger partial charge is 0.458 e. The molecule has 1 heterocycles. The number of alkyl halides is 1. The van der Waals surface area contributed by atoms with Crippen LogP contribution in [0.15, 0.2) is 11.6 Å². The quantitative estimate of drug-likeness (QED) is 0.588. The highest BCUT2D eigenvalue weighted by molar-refractivity contribution is 5.93. The van der Waals surface area contributed by atoms with Crippen molar-refractivity contribution < 1.29 is 33.0 Å². The number of halogens is 1. The van der Waals surface area contributed by atoms with E-state index >= 15 is 4.39 Å². The SMILES string of the molecule is CC(=O)OCC(=O)[C@]12OC(C)(C)O[C@H]1C[C@H]1[C@@H]3C[C@H](F)C4=CC(=O)CC[C@]4(C)[C@H]3CC[C@@]12C. The fraction of sp³-hybridized carbons (Fsp3) is 0.808. The predicted octanol–water partition coefficient (Wildman–Crippen LogP) is 4.10. The van der Waals surface area contributed by atoms with Gasteiger partial charge in [-0.3, -0.25) is 14.4 Å². The average Bonchev–Trinajstić information content (AvgIpc) is 3.13. The van der Waals surface area contributed by atoms with Gasteiger partial charge in [-0.25, -0.2) is 4.39 Å². The maximum atomic E-state index is 15.6. The van der Waals surface area contributed by atoms with Crippen LogP contribution in [0.5, 0.6) is 0 Å². The first-order valence-electron chi connectivity index (χ1n) is 12.3. The number of hydrogen-bond acceptors (Lipinski definition) is 6. The summed E-state index contributed by atoms with van der Waals surface area (Å²) >= 11 is 0. The molecule has 0 N–H and O–H groups in total. The van der Waals surface area contributed by atoms with Gasteiger partial charge in [0.25, 0.3) is 0 Å². The summed E-state index contributed by atoms with van der Waals surface area (Å²) in [6, 6.07) is 0. The normalized spacial score (nSPS) is 47.6. The van der Waals surface area contributed by atoms with Crippen LogP contribution in [0.2, 0.25) is 0 Å². The zero-order chi connectivity index (χ0) is 24.0. The van der Waals surface area contributed by atoms with Gasteiger partial charge in [-0.2, -0.15) is 0 Å². The van der Waals surface area contributed by atoms with Gasteiger partial charge in [0, 0.05) is 18.8 Å². The van der Waals surface area contributed by atoms with E-state index < -0.39 is 35.0 Å². The Labute approximate surface area is 194 Å². The molecule has 0 spiro atoms. The Morgan fingerprint density at radius 2 is 1.88 bits per heavy atom. The van der Waals surface area contributed by atoms with Crippen molar-refractivity contribution in [3.05, 3.63) is 11.6 Å². The standard InChI is InChI=1S/C26H35FO6/c1-14(28)31-13-21(30)26-22(32-23(2,3)33-26)12-18-16-11-20(27)19-10-15(29)6-8-24(19,4)17(16)7-9-25(18,26)5/h10,16-18,20,22H,6-9,11-13H2,1-5H3/t16-,17+,18+,20+,22+,24-,25+,26+/m1/s1. The van der Waals surface area contributed by atoms with Crippen LogP contribution in [0, 0.1) is 28.6 Å². The number of fused-ring (bicyclic) bond motifs is 7. The lowest BCUT2D eigenvalue weighted by molar-refractivity contribution is -0.217. The van der Waals surface area contributed by atoms with E-state index in [0.29, 0.717) is 31.3 Å². The van der Waals surface area contributed by atoms with E-state index in [0.717, 1.165) is 12.8 Å². The van der Waals surface area contributed by atoms with Gasteiger partial charge in [0.1, 0.15) is 6.17 Å². The molecule has 0 radical (unpaired) electrons. The minimum absolute atomic E-state index is 0.0265. The molecule has 7 heteroatoms. The average molecular weight is 463 g/mol. The van der Waals surface area contributed by atoms with Crippen molar-refractivity contribution in [3.63, 3.8) is 0 Å². The Balaban J connectivity index is 1.53. The Bertz CT molecular complexity index is 941. The molecule has 4 fully saturated rings. The summed E-state index contributed by atoms with van der Waals surface area (Å²) in [6.45, 7) is 8.78. The van der Waals surface area contributed by atoms with Crippen molar-refractivity contribution in [1.29, 1.82) is 0 Å². The van der Waals surface area contributed by atoms with Crippen LogP contribution in [0.1, 0.15) is 73.1 Å². The summed E-state index contributed by atoms with van der Waals surface area (Å²) in [5.41, 5.74) is -1.42. The number of rotatable bonds is 3. The molecule has 0 aromatic heterocycles. The number of carbonyl (C=O) groups excluding carboxylic acids is 3. The summed E-state index contributed by atoms with van der Waals surface area (Å²) in [6.07, 6.45) is 3.68. The van der Waals surface area contributed by atoms with Gasteiger partial charge < -0.3 is 14.2 Å². The molecule has 8 atom stereocenters. The topological polar surface area (TPSA) is 78.9 Å². The molecule has 0 amide bonds. The maximum absolute atomic E-state index is 15.6. The second kappa shape index (κ2) is 7.20. The zero-order valence-electron chi connectivity index (χ0n) is 20.2. The van der Waals surface area contributed by atoms with Gasteiger partial charge >= 0.3 is 5.97 Å². The second-order valence-corrected chi connectivity index (χ2v) is 11.8. The Morgan fingerprint density at radius 1 is 1.15 bits per heavy atom. The molecular formula is C26H35FO6. The van der Waals surface area contributed by atoms with Crippen molar-refractivity contribution in [2.24, 2.45) is 28.6 Å². The van der Waals surface area contributed by atoms with E-state index in [1.54, 1.807) is 6.08 Å². The van der Waals surface area contributed by atoms with Crippen LogP contribution in [0.25, 0.3) is 0 Å². The summed E-state index contributed by atoms with van der Waals surface area (Å²) < 4.78 is 33.4. The summed E-state index contributed by atoms with van der Waals surface area (Å²) in [5, 5.41) is 0. The number of ketones is 2. The zero-order valence-corrected chi connectivity index (χ0v) is 20.2. The highest BCUT2D eigenvalue weighted by Crippen LogP contribution is 2.70. The summed E-state index contributed by atoms with van der Waals surface area (Å²) in [5.74, 6) is -1.29. The Morgan fingerprint density at radius 3 is 2.58 bits per heavy atom. The van der Waals surface area contributed by atoms with Crippen LogP contribution >= 0.6 is 0 Å². The van der Waals surface area contributed by atoms with Crippen molar-refractivity contribution >= 4 is 17.5 Å². The fourth-order valence-corrected chi connectivity index (χ4v) is 8.44. The lowest BCUT2D eigenvalue weighted by Crippen LogP contribution is -2.61. The van der Waals surface area contributed by atoms with E-state index in [2.05, 4.69) is 13.8 Å². The first kappa shape index (κ1) is 23.2. The molecule has 3 saturated carbocycles. The second-order valence-electron chi connectivity index (χ2n) is 11.8. The minimum Gasteiger partial charge on any atom is -0.458 e. The minimum atomic E-state index is -1.22. The van der Waals surface area contributed by atoms with Gasteiger partial charge in [-0.1, -0.05) is 13.8 Å². The molecule has 1 saturated heterocycles. The third-order valence-electron chi connectivity index (χ3n) is 9.75. The van der Waals surface area contributed by atoms with E-state index in [-0.39, 0.29) is 41.3 Å². The molecule has 1 aliphatic heterocycles. The summed E-state index contributed by atoms with van der Waals surface area (Å²) in [4.78, 5) is 37.2. The highest BCUT2D eigenvalue weighted by atomic mass is 19.1. The van der Waals surface area contributed by atoms with Crippen LogP contribution in [-0.4, -0.2) is 47.8 Å². The van der Waals surface area contributed by atoms with Crippen LogP contribution < -0.4 is 0 Å². The smallest absolute Gasteiger partial charge is 0.303 e. The predicted molar refractivity (Wildman–Crippen MR) is 117 cm³/mol. The Kier molecular flexibility index (Phi) is 5.05. The molecule has 5 rings (SSSR count). The fourth-order valence-electron chi connectivity index (χ4n) is 8.44. The van der Waals surface area contributed by atoms with Gasteiger partial charge in [0.2, 0.25) is 5.78 Å². The summed E-state index contributed by atoms with van der Waals surface area (Å²) in [7, 11) is 0. The Hall–Kier alpha value is -1.60. The van der Waals surface area contributed by atoms with E-state index in [4.69, 9.17) is 14.2 Å². The first-order chi connectivity index (χ1) is 15.3. The highest BCUT2D eigenvalue weighted by Gasteiger charge is 2.76. The molecule has 0 bridgehead atoms. The van der Waals surface area contributed by atoms with Gasteiger partial charge in [-0.15, -0.1) is 0 Å². The van der Waals surface area contributed by atoms with E-state index in [1.807, 2.05) is 13.8 Å². The van der Waals surface area contributed by atoms with Crippen LogP contribution in [-0.2, 0) is 28.6 Å². The number of esters is 1. The number of hydrogen-bond donors (Lipinski definition) is 0.